The van der Waals surface area contributed by atoms with Crippen LogP contribution in [0.2, 0.25) is 0 Å². The van der Waals surface area contributed by atoms with E-state index >= 15 is 0 Å². The number of rotatable bonds is 4. The molecule has 27 heavy (non-hydrogen) atoms. The molecule has 4 heteroatoms. The summed E-state index contributed by atoms with van der Waals surface area (Å²) >= 11 is 0. The van der Waals surface area contributed by atoms with Gasteiger partial charge in [-0.15, -0.1) is 0 Å². The molecule has 0 unspecified atom stereocenters. The Morgan fingerprint density at radius 1 is 1.00 bits per heavy atom. The van der Waals surface area contributed by atoms with E-state index in [1.165, 1.54) is 55.6 Å². The number of nitrogens with zero attached hydrogens (tertiary/aromatic N) is 3. The molecule has 3 heterocycles. The van der Waals surface area contributed by atoms with Crippen LogP contribution >= 0.6 is 0 Å². The lowest BCUT2D eigenvalue weighted by molar-refractivity contribution is -0.0127. The van der Waals surface area contributed by atoms with E-state index in [1.807, 2.05) is 0 Å². The number of aromatic nitrogens is 2. The second-order valence-corrected chi connectivity index (χ2v) is 9.23. The molecular formula is C23H29N3O. The van der Waals surface area contributed by atoms with Crippen molar-refractivity contribution in [2.75, 3.05) is 19.6 Å². The van der Waals surface area contributed by atoms with Crippen molar-refractivity contribution < 1.29 is 4.74 Å². The second kappa shape index (κ2) is 6.10. The SMILES string of the molecule is c1ccc2c(c1)OC1(CCN(CC3CC3)CC1)c1c-2ncn1CC1CCC1. The summed E-state index contributed by atoms with van der Waals surface area (Å²) in [6, 6.07) is 8.49. The first-order valence-electron chi connectivity index (χ1n) is 10.9. The monoisotopic (exact) mass is 363 g/mol. The van der Waals surface area contributed by atoms with Gasteiger partial charge >= 0.3 is 0 Å². The molecule has 2 saturated carbocycles. The Balaban J connectivity index is 1.36. The zero-order valence-electron chi connectivity index (χ0n) is 16.1. The molecule has 4 aliphatic rings. The largest absolute Gasteiger partial charge is 0.480 e. The predicted molar refractivity (Wildman–Crippen MR) is 106 cm³/mol. The van der Waals surface area contributed by atoms with Crippen molar-refractivity contribution >= 4 is 0 Å². The number of fused-ring (bicyclic) bond motifs is 4. The van der Waals surface area contributed by atoms with Crippen LogP contribution in [-0.2, 0) is 12.1 Å². The highest BCUT2D eigenvalue weighted by Gasteiger charge is 2.47. The van der Waals surface area contributed by atoms with Crippen LogP contribution in [0.1, 0.15) is 50.6 Å². The van der Waals surface area contributed by atoms with Gasteiger partial charge in [0.1, 0.15) is 5.75 Å². The molecule has 1 saturated heterocycles. The number of likely N-dealkylation sites (tertiary alicyclic amines) is 1. The first-order valence-corrected chi connectivity index (χ1v) is 10.9. The van der Waals surface area contributed by atoms with Gasteiger partial charge < -0.3 is 14.2 Å². The van der Waals surface area contributed by atoms with E-state index in [0.717, 1.165) is 50.1 Å². The van der Waals surface area contributed by atoms with Crippen molar-refractivity contribution in [2.24, 2.45) is 11.8 Å². The number of hydrogen-bond donors (Lipinski definition) is 0. The molecule has 142 valence electrons. The average Bonchev–Trinajstić information content (AvgIpc) is 3.36. The van der Waals surface area contributed by atoms with E-state index < -0.39 is 0 Å². The van der Waals surface area contributed by atoms with Gasteiger partial charge in [0.2, 0.25) is 0 Å². The lowest BCUT2D eigenvalue weighted by Crippen LogP contribution is -2.49. The first-order chi connectivity index (χ1) is 13.3. The third-order valence-corrected chi connectivity index (χ3v) is 7.27. The van der Waals surface area contributed by atoms with Gasteiger partial charge in [-0.25, -0.2) is 4.98 Å². The van der Waals surface area contributed by atoms with Crippen LogP contribution in [0.15, 0.2) is 30.6 Å². The molecular weight excluding hydrogens is 334 g/mol. The Labute approximate surface area is 161 Å². The Bertz CT molecular complexity index is 841. The molecule has 0 radical (unpaired) electrons. The van der Waals surface area contributed by atoms with Gasteiger partial charge in [0, 0.05) is 44.6 Å². The summed E-state index contributed by atoms with van der Waals surface area (Å²) in [4.78, 5) is 7.57. The molecule has 0 bridgehead atoms. The molecule has 2 aliphatic carbocycles. The first kappa shape index (κ1) is 16.2. The van der Waals surface area contributed by atoms with Crippen molar-refractivity contribution in [1.82, 2.24) is 14.5 Å². The van der Waals surface area contributed by atoms with Gasteiger partial charge in [0.25, 0.3) is 0 Å². The van der Waals surface area contributed by atoms with E-state index in [1.54, 1.807) is 0 Å². The van der Waals surface area contributed by atoms with Gasteiger partial charge in [0.15, 0.2) is 5.60 Å². The fourth-order valence-corrected chi connectivity index (χ4v) is 5.26. The zero-order valence-corrected chi connectivity index (χ0v) is 16.1. The maximum Gasteiger partial charge on any atom is 0.153 e. The van der Waals surface area contributed by atoms with Crippen LogP contribution < -0.4 is 4.74 Å². The highest BCUT2D eigenvalue weighted by Crippen LogP contribution is 2.49. The highest BCUT2D eigenvalue weighted by molar-refractivity contribution is 5.72. The topological polar surface area (TPSA) is 30.3 Å². The summed E-state index contributed by atoms with van der Waals surface area (Å²) in [6.45, 7) is 4.70. The van der Waals surface area contributed by atoms with Crippen LogP contribution in [0.4, 0.5) is 0 Å². The maximum atomic E-state index is 6.80. The summed E-state index contributed by atoms with van der Waals surface area (Å²) in [5.41, 5.74) is 3.51. The zero-order chi connectivity index (χ0) is 17.8. The molecule has 0 amide bonds. The highest BCUT2D eigenvalue weighted by atomic mass is 16.5. The molecule has 0 N–H and O–H groups in total. The average molecular weight is 364 g/mol. The number of benzene rings is 1. The summed E-state index contributed by atoms with van der Waals surface area (Å²) in [6.07, 6.45) is 11.2. The minimum atomic E-state index is -0.190. The smallest absolute Gasteiger partial charge is 0.153 e. The second-order valence-electron chi connectivity index (χ2n) is 9.23. The molecule has 2 aromatic rings. The lowest BCUT2D eigenvalue weighted by Gasteiger charge is -2.45. The standard InChI is InChI=1S/C23H29N3O/c1-2-7-20-19(6-1)21-22(26(16-24-21)15-17-4-3-5-17)23(27-20)10-12-25(13-11-23)14-18-8-9-18/h1-2,6-7,16-18H,3-5,8-15H2. The fraction of sp³-hybridized carbons (Fsp3) is 0.609. The molecule has 3 fully saturated rings. The molecule has 1 aromatic heterocycles. The third kappa shape index (κ3) is 2.72. The van der Waals surface area contributed by atoms with Crippen LogP contribution in [-0.4, -0.2) is 34.1 Å². The van der Waals surface area contributed by atoms with E-state index in [-0.39, 0.29) is 5.60 Å². The minimum Gasteiger partial charge on any atom is -0.480 e. The number of hydrogen-bond acceptors (Lipinski definition) is 3. The van der Waals surface area contributed by atoms with Crippen molar-refractivity contribution in [3.8, 4) is 17.0 Å². The van der Waals surface area contributed by atoms with Gasteiger partial charge in [-0.1, -0.05) is 18.6 Å². The van der Waals surface area contributed by atoms with Gasteiger partial charge in [-0.2, -0.15) is 0 Å². The fourth-order valence-electron chi connectivity index (χ4n) is 5.26. The van der Waals surface area contributed by atoms with Crippen LogP contribution in [0.5, 0.6) is 5.75 Å². The molecule has 1 spiro atoms. The summed E-state index contributed by atoms with van der Waals surface area (Å²) in [5.74, 6) is 2.81. The summed E-state index contributed by atoms with van der Waals surface area (Å²) < 4.78 is 9.25. The summed E-state index contributed by atoms with van der Waals surface area (Å²) in [7, 11) is 0. The molecule has 2 aliphatic heterocycles. The molecule has 0 atom stereocenters. The Morgan fingerprint density at radius 3 is 2.52 bits per heavy atom. The summed E-state index contributed by atoms with van der Waals surface area (Å²) in [5, 5.41) is 0. The van der Waals surface area contributed by atoms with Crippen molar-refractivity contribution in [3.63, 3.8) is 0 Å². The minimum absolute atomic E-state index is 0.190. The normalized spacial score (nSPS) is 24.1. The molecule has 6 rings (SSSR count). The van der Waals surface area contributed by atoms with Crippen LogP contribution in [0, 0.1) is 11.8 Å². The van der Waals surface area contributed by atoms with E-state index in [4.69, 9.17) is 9.72 Å². The van der Waals surface area contributed by atoms with Crippen molar-refractivity contribution in [1.29, 1.82) is 0 Å². The Hall–Kier alpha value is -1.81. The Morgan fingerprint density at radius 2 is 1.78 bits per heavy atom. The Kier molecular flexibility index (Phi) is 3.65. The van der Waals surface area contributed by atoms with Crippen LogP contribution in [0.3, 0.4) is 0 Å². The molecule has 4 nitrogen and oxygen atoms in total. The molecule has 1 aromatic carbocycles. The third-order valence-electron chi connectivity index (χ3n) is 7.27. The quantitative estimate of drug-likeness (QED) is 0.804. The van der Waals surface area contributed by atoms with E-state index in [9.17, 15) is 0 Å². The van der Waals surface area contributed by atoms with Crippen molar-refractivity contribution in [3.05, 3.63) is 36.3 Å². The number of ether oxygens (including phenoxy) is 1. The predicted octanol–water partition coefficient (Wildman–Crippen LogP) is 4.44. The van der Waals surface area contributed by atoms with E-state index in [0.29, 0.717) is 0 Å². The van der Waals surface area contributed by atoms with Gasteiger partial charge in [-0.05, 0) is 49.7 Å². The number of imidazole rings is 1. The van der Waals surface area contributed by atoms with Crippen molar-refractivity contribution in [2.45, 2.75) is 57.1 Å². The van der Waals surface area contributed by atoms with Crippen LogP contribution in [0.25, 0.3) is 11.3 Å². The number of para-hydroxylation sites is 1. The van der Waals surface area contributed by atoms with Gasteiger partial charge in [-0.3, -0.25) is 0 Å². The van der Waals surface area contributed by atoms with E-state index in [2.05, 4.69) is 40.1 Å². The lowest BCUT2D eigenvalue weighted by atomic mass is 9.82. The maximum absolute atomic E-state index is 6.80. The van der Waals surface area contributed by atoms with Gasteiger partial charge in [0.05, 0.1) is 17.7 Å². The number of piperidine rings is 1.